The number of rotatable bonds is 3. The first-order valence-corrected chi connectivity index (χ1v) is 5.70. The summed E-state index contributed by atoms with van der Waals surface area (Å²) in [5.41, 5.74) is 5.63. The van der Waals surface area contributed by atoms with Crippen LogP contribution in [0.1, 0.15) is 23.8 Å². The summed E-state index contributed by atoms with van der Waals surface area (Å²) < 4.78 is 5.06. The van der Waals surface area contributed by atoms with Crippen molar-refractivity contribution >= 4 is 0 Å². The van der Waals surface area contributed by atoms with Gasteiger partial charge >= 0.3 is 0 Å². The van der Waals surface area contributed by atoms with Crippen LogP contribution in [0.5, 0.6) is 0 Å². The highest BCUT2D eigenvalue weighted by molar-refractivity contribution is 5.00. The van der Waals surface area contributed by atoms with Crippen LogP contribution in [0, 0.1) is 0 Å². The number of aromatic nitrogens is 2. The van der Waals surface area contributed by atoms with E-state index >= 15 is 0 Å². The highest BCUT2D eigenvalue weighted by atomic mass is 16.5. The molecule has 0 aliphatic carbocycles. The number of nitrogens with zero attached hydrogens (tertiary/aromatic N) is 4. The lowest BCUT2D eigenvalue weighted by Gasteiger charge is -2.35. The number of aliphatic hydroxyl groups excluding tert-OH is 1. The van der Waals surface area contributed by atoms with Gasteiger partial charge in [0, 0.05) is 19.6 Å². The van der Waals surface area contributed by atoms with E-state index in [2.05, 4.69) is 27.0 Å². The van der Waals surface area contributed by atoms with Crippen LogP contribution in [0.4, 0.5) is 0 Å². The number of aliphatic hydroxyl groups is 1. The third-order valence-corrected chi connectivity index (χ3v) is 3.12. The normalized spacial score (nSPS) is 25.1. The van der Waals surface area contributed by atoms with Crippen LogP contribution in [0.3, 0.4) is 0 Å². The average Bonchev–Trinajstić information content (AvgIpc) is 2.80. The maximum absolute atomic E-state index is 8.93. The minimum absolute atomic E-state index is 0.122. The summed E-state index contributed by atoms with van der Waals surface area (Å²) in [5, 5.41) is 12.9. The van der Waals surface area contributed by atoms with Crippen molar-refractivity contribution in [1.82, 2.24) is 19.9 Å². The molecule has 0 saturated carbocycles. The Kier molecular flexibility index (Phi) is 3.72. The first-order chi connectivity index (χ1) is 8.11. The van der Waals surface area contributed by atoms with E-state index in [1.54, 1.807) is 0 Å². The summed E-state index contributed by atoms with van der Waals surface area (Å²) in [6, 6.07) is -0.472. The number of hydrogen-bond acceptors (Lipinski definition) is 7. The Balaban J connectivity index is 2.13. The van der Waals surface area contributed by atoms with E-state index < -0.39 is 6.04 Å². The fraction of sp³-hybridized carbons (Fsp3) is 0.800. The Morgan fingerprint density at radius 3 is 3.00 bits per heavy atom. The van der Waals surface area contributed by atoms with Crippen molar-refractivity contribution in [1.29, 1.82) is 0 Å². The van der Waals surface area contributed by atoms with Gasteiger partial charge < -0.3 is 20.3 Å². The predicted octanol–water partition coefficient (Wildman–Crippen LogP) is -1.02. The van der Waals surface area contributed by atoms with Gasteiger partial charge in [0.05, 0.1) is 12.6 Å². The summed E-state index contributed by atoms with van der Waals surface area (Å²) in [5.74, 6) is 0.932. The van der Waals surface area contributed by atoms with E-state index in [0.717, 1.165) is 19.6 Å². The Hall–Kier alpha value is -1.02. The van der Waals surface area contributed by atoms with Gasteiger partial charge in [-0.3, -0.25) is 4.90 Å². The predicted molar refractivity (Wildman–Crippen MR) is 61.2 cm³/mol. The van der Waals surface area contributed by atoms with Crippen LogP contribution < -0.4 is 5.73 Å². The van der Waals surface area contributed by atoms with Crippen LogP contribution in [0.25, 0.3) is 0 Å². The van der Waals surface area contributed by atoms with Gasteiger partial charge in [0.15, 0.2) is 5.82 Å². The molecule has 0 bridgehead atoms. The fourth-order valence-corrected chi connectivity index (χ4v) is 1.90. The molecule has 1 saturated heterocycles. The van der Waals surface area contributed by atoms with E-state index in [1.807, 2.05) is 7.05 Å². The molecular formula is C10H19N5O2. The zero-order valence-corrected chi connectivity index (χ0v) is 10.2. The molecule has 0 aromatic carbocycles. The topological polar surface area (TPSA) is 91.7 Å². The molecule has 0 radical (unpaired) electrons. The first-order valence-electron chi connectivity index (χ1n) is 5.70. The Bertz CT molecular complexity index is 369. The Labute approximate surface area is 100 Å². The van der Waals surface area contributed by atoms with Crippen molar-refractivity contribution in [3.05, 3.63) is 11.7 Å². The molecule has 0 spiro atoms. The third kappa shape index (κ3) is 2.63. The zero-order chi connectivity index (χ0) is 12.4. The molecule has 1 aliphatic heterocycles. The van der Waals surface area contributed by atoms with Crippen molar-refractivity contribution in [3.8, 4) is 0 Å². The van der Waals surface area contributed by atoms with Crippen LogP contribution in [0.15, 0.2) is 4.52 Å². The summed E-state index contributed by atoms with van der Waals surface area (Å²) >= 11 is 0. The molecule has 1 aromatic heterocycles. The van der Waals surface area contributed by atoms with Gasteiger partial charge in [0.2, 0.25) is 5.89 Å². The highest BCUT2D eigenvalue weighted by Crippen LogP contribution is 2.21. The van der Waals surface area contributed by atoms with E-state index in [-0.39, 0.29) is 12.6 Å². The van der Waals surface area contributed by atoms with Gasteiger partial charge in [-0.05, 0) is 14.1 Å². The quantitative estimate of drug-likeness (QED) is 0.699. The van der Waals surface area contributed by atoms with E-state index in [4.69, 9.17) is 15.4 Å². The van der Waals surface area contributed by atoms with Crippen LogP contribution in [-0.4, -0.2) is 65.4 Å². The summed E-state index contributed by atoms with van der Waals surface area (Å²) in [6.07, 6.45) is 0. The lowest BCUT2D eigenvalue weighted by Crippen LogP contribution is -2.45. The van der Waals surface area contributed by atoms with Gasteiger partial charge in [-0.25, -0.2) is 0 Å². The van der Waals surface area contributed by atoms with Gasteiger partial charge in [0.25, 0.3) is 0 Å². The number of nitrogens with two attached hydrogens (primary N) is 1. The monoisotopic (exact) mass is 241 g/mol. The van der Waals surface area contributed by atoms with Gasteiger partial charge in [-0.1, -0.05) is 5.16 Å². The maximum atomic E-state index is 8.93. The Morgan fingerprint density at radius 1 is 1.53 bits per heavy atom. The molecule has 96 valence electrons. The lowest BCUT2D eigenvalue weighted by molar-refractivity contribution is 0.108. The summed E-state index contributed by atoms with van der Waals surface area (Å²) in [7, 11) is 4.11. The third-order valence-electron chi connectivity index (χ3n) is 3.12. The molecule has 17 heavy (non-hydrogen) atoms. The van der Waals surface area contributed by atoms with Gasteiger partial charge in [-0.15, -0.1) is 0 Å². The van der Waals surface area contributed by atoms with Crippen molar-refractivity contribution in [2.24, 2.45) is 5.73 Å². The second kappa shape index (κ2) is 5.09. The first kappa shape index (κ1) is 12.4. The summed E-state index contributed by atoms with van der Waals surface area (Å²) in [6.45, 7) is 2.68. The van der Waals surface area contributed by atoms with E-state index in [9.17, 15) is 0 Å². The molecule has 1 fully saturated rings. The molecule has 7 heteroatoms. The number of hydrogen-bond donors (Lipinski definition) is 2. The average molecular weight is 241 g/mol. The minimum atomic E-state index is -0.595. The Morgan fingerprint density at radius 2 is 2.29 bits per heavy atom. The summed E-state index contributed by atoms with van der Waals surface area (Å²) in [4.78, 5) is 8.68. The molecule has 0 amide bonds. The molecule has 1 unspecified atom stereocenters. The number of likely N-dealkylation sites (N-methyl/N-ethyl adjacent to an activating group) is 2. The maximum Gasteiger partial charge on any atom is 0.245 e. The van der Waals surface area contributed by atoms with Crippen LogP contribution >= 0.6 is 0 Å². The minimum Gasteiger partial charge on any atom is -0.394 e. The molecular weight excluding hydrogens is 222 g/mol. The van der Waals surface area contributed by atoms with Crippen LogP contribution in [0.2, 0.25) is 0 Å². The molecule has 1 aromatic rings. The molecule has 3 N–H and O–H groups in total. The second-order valence-electron chi connectivity index (χ2n) is 4.54. The van der Waals surface area contributed by atoms with E-state index in [0.29, 0.717) is 11.7 Å². The lowest BCUT2D eigenvalue weighted by atomic mass is 10.2. The van der Waals surface area contributed by atoms with Crippen molar-refractivity contribution in [2.45, 2.75) is 12.1 Å². The SMILES string of the molecule is CN1CCN(C)C(c2noc([C@H](N)CO)n2)C1. The molecule has 7 nitrogen and oxygen atoms in total. The van der Waals surface area contributed by atoms with Crippen molar-refractivity contribution < 1.29 is 9.63 Å². The molecule has 2 atom stereocenters. The van der Waals surface area contributed by atoms with E-state index in [1.165, 1.54) is 0 Å². The second-order valence-corrected chi connectivity index (χ2v) is 4.54. The zero-order valence-electron chi connectivity index (χ0n) is 10.2. The van der Waals surface area contributed by atoms with Gasteiger partial charge in [0.1, 0.15) is 6.04 Å². The van der Waals surface area contributed by atoms with Gasteiger partial charge in [-0.2, -0.15) is 4.98 Å². The highest BCUT2D eigenvalue weighted by Gasteiger charge is 2.28. The molecule has 1 aliphatic rings. The smallest absolute Gasteiger partial charge is 0.245 e. The standard InChI is InChI=1S/C10H19N5O2/c1-14-3-4-15(2)8(5-14)9-12-10(17-13-9)7(11)6-16/h7-8,16H,3-6,11H2,1-2H3/t7-,8?/m1/s1. The van der Waals surface area contributed by atoms with Crippen LogP contribution in [-0.2, 0) is 0 Å². The molecule has 2 heterocycles. The van der Waals surface area contributed by atoms with Crippen molar-refractivity contribution in [3.63, 3.8) is 0 Å². The van der Waals surface area contributed by atoms with Crippen molar-refractivity contribution in [2.75, 3.05) is 40.3 Å². The largest absolute Gasteiger partial charge is 0.394 e. The fourth-order valence-electron chi connectivity index (χ4n) is 1.90. The number of piperazine rings is 1. The molecule has 2 rings (SSSR count).